The molecule has 8 nitrogen and oxygen atoms in total. The number of unbranched alkanes of at least 4 members (excludes halogenated alkanes) is 2. The van der Waals surface area contributed by atoms with E-state index < -0.39 is 22.7 Å². The molecule has 1 aromatic heterocycles. The molecule has 9 heteroatoms. The standard InChI is InChI=1S/C26H33N3O5S/c1-3-5-14-27(15-6-4-2)16-8-17-28-23(21-9-7-18-35-21)22(25(31)26(28)32)24(30)19-10-12-20(13-11-19)29(33)34/h7,9-13,18,23,30H,3-6,8,14-17H2,1-2H3/b24-22-. The molecule has 1 aromatic carbocycles. The molecule has 2 aromatic rings. The molecule has 1 aliphatic rings. The third-order valence-electron chi connectivity index (χ3n) is 6.23. The highest BCUT2D eigenvalue weighted by atomic mass is 32.1. The van der Waals surface area contributed by atoms with Crippen molar-refractivity contribution in [1.29, 1.82) is 0 Å². The number of ketones is 1. The van der Waals surface area contributed by atoms with Gasteiger partial charge in [-0.3, -0.25) is 19.7 Å². The van der Waals surface area contributed by atoms with Crippen molar-refractivity contribution in [3.8, 4) is 0 Å². The number of thiophene rings is 1. The highest BCUT2D eigenvalue weighted by Gasteiger charge is 2.46. The molecule has 0 aliphatic carbocycles. The van der Waals surface area contributed by atoms with Crippen molar-refractivity contribution in [2.45, 2.75) is 52.0 Å². The Balaban J connectivity index is 1.86. The smallest absolute Gasteiger partial charge is 0.295 e. The fraction of sp³-hybridized carbons (Fsp3) is 0.462. The topological polar surface area (TPSA) is 104 Å². The van der Waals surface area contributed by atoms with Crippen LogP contribution in [0.25, 0.3) is 5.76 Å². The van der Waals surface area contributed by atoms with Crippen LogP contribution in [0.1, 0.15) is 62.4 Å². The van der Waals surface area contributed by atoms with Gasteiger partial charge in [-0.1, -0.05) is 32.8 Å². The molecule has 2 heterocycles. The van der Waals surface area contributed by atoms with Gasteiger partial charge < -0.3 is 14.9 Å². The van der Waals surface area contributed by atoms with Crippen LogP contribution >= 0.6 is 11.3 Å². The van der Waals surface area contributed by atoms with Gasteiger partial charge in [0.05, 0.1) is 16.5 Å². The summed E-state index contributed by atoms with van der Waals surface area (Å²) >= 11 is 1.42. The molecule has 188 valence electrons. The molecule has 0 bridgehead atoms. The highest BCUT2D eigenvalue weighted by molar-refractivity contribution is 7.10. The van der Waals surface area contributed by atoms with Gasteiger partial charge in [-0.2, -0.15) is 0 Å². The lowest BCUT2D eigenvalue weighted by Crippen LogP contribution is -2.34. The largest absolute Gasteiger partial charge is 0.507 e. The molecule has 1 fully saturated rings. The molecule has 1 atom stereocenters. The van der Waals surface area contributed by atoms with Crippen molar-refractivity contribution in [3.63, 3.8) is 0 Å². The minimum atomic E-state index is -0.729. The second-order valence-electron chi connectivity index (χ2n) is 8.71. The SMILES string of the molecule is CCCCN(CCCC)CCCN1C(=O)C(=O)/C(=C(\O)c2ccc([N+](=O)[O-])cc2)C1c1cccs1. The Morgan fingerprint density at radius 1 is 1.06 bits per heavy atom. The number of nitro benzene ring substituents is 1. The van der Waals surface area contributed by atoms with E-state index in [1.165, 1.54) is 35.6 Å². The number of aliphatic hydroxyl groups excluding tert-OH is 1. The maximum Gasteiger partial charge on any atom is 0.295 e. The van der Waals surface area contributed by atoms with E-state index in [1.54, 1.807) is 4.90 Å². The Morgan fingerprint density at radius 3 is 2.23 bits per heavy atom. The van der Waals surface area contributed by atoms with Crippen molar-refractivity contribution in [2.75, 3.05) is 26.2 Å². The lowest BCUT2D eigenvalue weighted by molar-refractivity contribution is -0.384. The number of aliphatic hydroxyl groups is 1. The summed E-state index contributed by atoms with van der Waals surface area (Å²) in [5.74, 6) is -1.67. The van der Waals surface area contributed by atoms with Gasteiger partial charge in [0.1, 0.15) is 5.76 Å². The van der Waals surface area contributed by atoms with E-state index in [-0.39, 0.29) is 22.6 Å². The van der Waals surface area contributed by atoms with Gasteiger partial charge >= 0.3 is 0 Å². The van der Waals surface area contributed by atoms with E-state index in [0.717, 1.165) is 56.6 Å². The molecule has 1 amide bonds. The maximum absolute atomic E-state index is 13.1. The van der Waals surface area contributed by atoms with Crippen molar-refractivity contribution in [3.05, 3.63) is 67.9 Å². The molecule has 1 N–H and O–H groups in total. The van der Waals surface area contributed by atoms with Crippen LogP contribution in [-0.2, 0) is 9.59 Å². The van der Waals surface area contributed by atoms with E-state index in [2.05, 4.69) is 18.7 Å². The summed E-state index contributed by atoms with van der Waals surface area (Å²) in [6.45, 7) is 7.61. The van der Waals surface area contributed by atoms with E-state index in [0.29, 0.717) is 6.54 Å². The second-order valence-corrected chi connectivity index (χ2v) is 9.69. The van der Waals surface area contributed by atoms with Crippen molar-refractivity contribution in [2.24, 2.45) is 0 Å². The van der Waals surface area contributed by atoms with Crippen molar-refractivity contribution >= 4 is 34.5 Å². The predicted molar refractivity (Wildman–Crippen MR) is 137 cm³/mol. The average Bonchev–Trinajstić information content (AvgIpc) is 3.47. The first kappa shape index (κ1) is 26.6. The molecule has 3 rings (SSSR count). The number of nitro groups is 1. The molecule has 0 radical (unpaired) electrons. The van der Waals surface area contributed by atoms with Gasteiger partial charge in [0.15, 0.2) is 0 Å². The predicted octanol–water partition coefficient (Wildman–Crippen LogP) is 5.37. The molecule has 1 aliphatic heterocycles. The Bertz CT molecular complexity index is 1040. The number of nitrogens with zero attached hydrogens (tertiary/aromatic N) is 3. The van der Waals surface area contributed by atoms with Gasteiger partial charge in [0.25, 0.3) is 17.4 Å². The minimum absolute atomic E-state index is 0.0279. The van der Waals surface area contributed by atoms with E-state index in [9.17, 15) is 24.8 Å². The van der Waals surface area contributed by atoms with Crippen LogP contribution in [0.2, 0.25) is 0 Å². The highest BCUT2D eigenvalue weighted by Crippen LogP contribution is 2.41. The number of rotatable bonds is 13. The Labute approximate surface area is 210 Å². The van der Waals surface area contributed by atoms with Crippen LogP contribution in [0.3, 0.4) is 0 Å². The lowest BCUT2D eigenvalue weighted by Gasteiger charge is -2.26. The number of amides is 1. The average molecular weight is 500 g/mol. The number of hydrogen-bond acceptors (Lipinski definition) is 7. The summed E-state index contributed by atoms with van der Waals surface area (Å²) in [6, 6.07) is 8.36. The zero-order valence-corrected chi connectivity index (χ0v) is 21.1. The molecule has 1 unspecified atom stereocenters. The number of carbonyl (C=O) groups excluding carboxylic acids is 2. The van der Waals surface area contributed by atoms with Gasteiger partial charge in [-0.05, 0) is 62.5 Å². The minimum Gasteiger partial charge on any atom is -0.507 e. The van der Waals surface area contributed by atoms with E-state index in [4.69, 9.17) is 0 Å². The first-order valence-electron chi connectivity index (χ1n) is 12.2. The number of benzene rings is 1. The Hall–Kier alpha value is -3.04. The number of non-ortho nitro benzene ring substituents is 1. The number of likely N-dealkylation sites (tertiary alicyclic amines) is 1. The molecule has 0 spiro atoms. The maximum atomic E-state index is 13.1. The van der Waals surface area contributed by atoms with Gasteiger partial charge in [-0.25, -0.2) is 0 Å². The fourth-order valence-electron chi connectivity index (χ4n) is 4.31. The third-order valence-corrected chi connectivity index (χ3v) is 7.16. The molecular weight excluding hydrogens is 466 g/mol. The summed E-state index contributed by atoms with van der Waals surface area (Å²) in [5, 5.41) is 23.9. The number of Topliss-reactive ketones (excluding diaryl/α,β-unsaturated/α-hetero) is 1. The van der Waals surface area contributed by atoms with Crippen LogP contribution in [0.5, 0.6) is 0 Å². The summed E-state index contributed by atoms with van der Waals surface area (Å²) in [6.07, 6.45) is 5.22. The zero-order chi connectivity index (χ0) is 25.4. The van der Waals surface area contributed by atoms with Gasteiger partial charge in [-0.15, -0.1) is 11.3 Å². The second kappa shape index (κ2) is 12.6. The number of hydrogen-bond donors (Lipinski definition) is 1. The summed E-state index contributed by atoms with van der Waals surface area (Å²) < 4.78 is 0. The quantitative estimate of drug-likeness (QED) is 0.131. The summed E-state index contributed by atoms with van der Waals surface area (Å²) in [4.78, 5) is 41.3. The van der Waals surface area contributed by atoms with Gasteiger partial charge in [0, 0.05) is 29.1 Å². The first-order chi connectivity index (χ1) is 16.9. The van der Waals surface area contributed by atoms with Crippen LogP contribution < -0.4 is 0 Å². The summed E-state index contributed by atoms with van der Waals surface area (Å²) in [7, 11) is 0. The van der Waals surface area contributed by atoms with Crippen LogP contribution in [0.15, 0.2) is 47.4 Å². The molecule has 1 saturated heterocycles. The monoisotopic (exact) mass is 499 g/mol. The first-order valence-corrected chi connectivity index (χ1v) is 13.1. The molecule has 0 saturated carbocycles. The normalized spacial score (nSPS) is 17.5. The van der Waals surface area contributed by atoms with Crippen LogP contribution in [0, 0.1) is 10.1 Å². The fourth-order valence-corrected chi connectivity index (χ4v) is 5.16. The van der Waals surface area contributed by atoms with Crippen LogP contribution in [-0.4, -0.2) is 57.7 Å². The Kier molecular flexibility index (Phi) is 9.56. The number of carbonyl (C=O) groups is 2. The lowest BCUT2D eigenvalue weighted by atomic mass is 9.99. The Morgan fingerprint density at radius 2 is 1.69 bits per heavy atom. The van der Waals surface area contributed by atoms with Crippen molar-refractivity contribution < 1.29 is 19.6 Å². The summed E-state index contributed by atoms with van der Waals surface area (Å²) in [5.41, 5.74) is 0.174. The van der Waals surface area contributed by atoms with Gasteiger partial charge in [0.2, 0.25) is 0 Å². The molecule has 35 heavy (non-hydrogen) atoms. The third kappa shape index (κ3) is 6.35. The van der Waals surface area contributed by atoms with Crippen molar-refractivity contribution in [1.82, 2.24) is 9.80 Å². The van der Waals surface area contributed by atoms with E-state index >= 15 is 0 Å². The molecular formula is C26H33N3O5S. The van der Waals surface area contributed by atoms with Crippen LogP contribution in [0.4, 0.5) is 5.69 Å². The van der Waals surface area contributed by atoms with E-state index in [1.807, 2.05) is 17.5 Å². The zero-order valence-electron chi connectivity index (χ0n) is 20.3.